The van der Waals surface area contributed by atoms with E-state index in [0.29, 0.717) is 0 Å². The molecule has 2 heterocycles. The molecule has 0 aromatic carbocycles. The first-order chi connectivity index (χ1) is 5.86. The van der Waals surface area contributed by atoms with Gasteiger partial charge in [0, 0.05) is 6.20 Å². The van der Waals surface area contributed by atoms with Crippen molar-refractivity contribution < 1.29 is 0 Å². The molecule has 0 bridgehead atoms. The zero-order valence-corrected chi connectivity index (χ0v) is 7.08. The highest BCUT2D eigenvalue weighted by molar-refractivity contribution is 7.19. The topological polar surface area (TPSA) is 51.8 Å². The number of hydrogen-bond donors (Lipinski definition) is 1. The third-order valence-corrected chi connectivity index (χ3v) is 2.40. The van der Waals surface area contributed by atoms with E-state index >= 15 is 0 Å². The summed E-state index contributed by atoms with van der Waals surface area (Å²) in [5, 5.41) is 0.809. The second-order valence-corrected chi connectivity index (χ2v) is 3.41. The molecule has 0 amide bonds. The largest absolute Gasteiger partial charge is 0.391 e. The maximum absolute atomic E-state index is 5.59. The summed E-state index contributed by atoms with van der Waals surface area (Å²) in [6.45, 7) is 0. The molecule has 2 aromatic rings. The third kappa shape index (κ3) is 1.29. The molecule has 0 spiro atoms. The Hall–Kier alpha value is -1.42. The van der Waals surface area contributed by atoms with Crippen LogP contribution in [0.3, 0.4) is 0 Å². The summed E-state index contributed by atoms with van der Waals surface area (Å²) in [5.41, 5.74) is 6.51. The Morgan fingerprint density at radius 1 is 1.25 bits per heavy atom. The van der Waals surface area contributed by atoms with Crippen LogP contribution in [0.1, 0.15) is 0 Å². The summed E-state index contributed by atoms with van der Waals surface area (Å²) in [7, 11) is 0. The van der Waals surface area contributed by atoms with Crippen molar-refractivity contribution in [3.05, 3.63) is 30.7 Å². The van der Waals surface area contributed by atoms with E-state index in [1.54, 1.807) is 6.20 Å². The lowest BCUT2D eigenvalue weighted by Crippen LogP contribution is -1.79. The molecule has 0 aliphatic heterocycles. The first-order valence-electron chi connectivity index (χ1n) is 3.48. The van der Waals surface area contributed by atoms with Crippen molar-refractivity contribution in [2.24, 2.45) is 0 Å². The van der Waals surface area contributed by atoms with Crippen molar-refractivity contribution >= 4 is 16.3 Å². The van der Waals surface area contributed by atoms with Crippen LogP contribution in [0.15, 0.2) is 30.7 Å². The van der Waals surface area contributed by atoms with Crippen LogP contribution < -0.4 is 5.73 Å². The maximum atomic E-state index is 5.59. The Labute approximate surface area is 73.9 Å². The zero-order chi connectivity index (χ0) is 8.39. The highest BCUT2D eigenvalue weighted by atomic mass is 32.1. The standard InChI is InChI=1S/C8H7N3S/c9-8-2-1-7(12-8)6-3-4-10-5-11-6/h1-5H,9H2. The van der Waals surface area contributed by atoms with E-state index in [1.165, 1.54) is 17.7 Å². The number of anilines is 1. The second-order valence-electron chi connectivity index (χ2n) is 2.30. The monoisotopic (exact) mass is 177 g/mol. The van der Waals surface area contributed by atoms with Gasteiger partial charge in [-0.05, 0) is 18.2 Å². The molecule has 0 radical (unpaired) electrons. The number of nitrogens with two attached hydrogens (primary N) is 1. The molecule has 2 N–H and O–H groups in total. The number of nitrogens with zero attached hydrogens (tertiary/aromatic N) is 2. The molecule has 0 fully saturated rings. The van der Waals surface area contributed by atoms with Gasteiger partial charge in [0.25, 0.3) is 0 Å². The van der Waals surface area contributed by atoms with Crippen molar-refractivity contribution in [1.29, 1.82) is 0 Å². The predicted molar refractivity (Wildman–Crippen MR) is 49.8 cm³/mol. The van der Waals surface area contributed by atoms with Gasteiger partial charge in [-0.2, -0.15) is 0 Å². The van der Waals surface area contributed by atoms with E-state index in [-0.39, 0.29) is 0 Å². The minimum atomic E-state index is 0.809. The molecular weight excluding hydrogens is 170 g/mol. The highest BCUT2D eigenvalue weighted by Gasteiger charge is 2.00. The molecule has 3 nitrogen and oxygen atoms in total. The van der Waals surface area contributed by atoms with Crippen molar-refractivity contribution in [3.63, 3.8) is 0 Å². The van der Waals surface area contributed by atoms with Crippen LogP contribution in [-0.2, 0) is 0 Å². The quantitative estimate of drug-likeness (QED) is 0.722. The van der Waals surface area contributed by atoms with Crippen molar-refractivity contribution in [1.82, 2.24) is 9.97 Å². The summed E-state index contributed by atoms with van der Waals surface area (Å²) in [5.74, 6) is 0. The van der Waals surface area contributed by atoms with E-state index in [1.807, 2.05) is 18.2 Å². The second kappa shape index (κ2) is 2.91. The Balaban J connectivity index is 2.45. The summed E-state index contributed by atoms with van der Waals surface area (Å²) >= 11 is 1.53. The van der Waals surface area contributed by atoms with E-state index in [2.05, 4.69) is 9.97 Å². The Morgan fingerprint density at radius 3 is 2.75 bits per heavy atom. The predicted octanol–water partition coefficient (Wildman–Crippen LogP) is 1.79. The molecule has 0 unspecified atom stereocenters. The number of hydrogen-bond acceptors (Lipinski definition) is 4. The van der Waals surface area contributed by atoms with Crippen molar-refractivity contribution in [3.8, 4) is 10.6 Å². The van der Waals surface area contributed by atoms with Gasteiger partial charge in [0.1, 0.15) is 6.33 Å². The number of rotatable bonds is 1. The van der Waals surface area contributed by atoms with Gasteiger partial charge in [-0.1, -0.05) is 0 Å². The van der Waals surface area contributed by atoms with Crippen LogP contribution in [0.5, 0.6) is 0 Å². The van der Waals surface area contributed by atoms with Crippen molar-refractivity contribution in [2.45, 2.75) is 0 Å². The van der Waals surface area contributed by atoms with Gasteiger partial charge < -0.3 is 5.73 Å². The maximum Gasteiger partial charge on any atom is 0.116 e. The first kappa shape index (κ1) is 7.24. The smallest absolute Gasteiger partial charge is 0.116 e. The summed E-state index contributed by atoms with van der Waals surface area (Å²) in [4.78, 5) is 9.02. The van der Waals surface area contributed by atoms with Crippen LogP contribution in [-0.4, -0.2) is 9.97 Å². The Kier molecular flexibility index (Phi) is 1.75. The lowest BCUT2D eigenvalue weighted by Gasteiger charge is -1.91. The average molecular weight is 177 g/mol. The molecule has 0 saturated heterocycles. The summed E-state index contributed by atoms with van der Waals surface area (Å²) in [6.07, 6.45) is 3.25. The minimum Gasteiger partial charge on any atom is -0.391 e. The fourth-order valence-corrected chi connectivity index (χ4v) is 1.68. The Morgan fingerprint density at radius 2 is 2.17 bits per heavy atom. The average Bonchev–Trinajstić information content (AvgIpc) is 2.54. The van der Waals surface area contributed by atoms with Crippen molar-refractivity contribution in [2.75, 3.05) is 5.73 Å². The van der Waals surface area contributed by atoms with E-state index in [9.17, 15) is 0 Å². The van der Waals surface area contributed by atoms with E-state index in [4.69, 9.17) is 5.73 Å². The zero-order valence-electron chi connectivity index (χ0n) is 6.27. The van der Waals surface area contributed by atoms with Gasteiger partial charge in [0.15, 0.2) is 0 Å². The lowest BCUT2D eigenvalue weighted by molar-refractivity contribution is 1.18. The normalized spacial score (nSPS) is 10.0. The first-order valence-corrected chi connectivity index (χ1v) is 4.29. The number of aromatic nitrogens is 2. The van der Waals surface area contributed by atoms with Gasteiger partial charge in [-0.15, -0.1) is 11.3 Å². The van der Waals surface area contributed by atoms with Crippen LogP contribution in [0.25, 0.3) is 10.6 Å². The molecule has 0 atom stereocenters. The molecule has 0 aliphatic carbocycles. The molecule has 60 valence electrons. The molecule has 2 rings (SSSR count). The van der Waals surface area contributed by atoms with Gasteiger partial charge in [0.05, 0.1) is 15.6 Å². The van der Waals surface area contributed by atoms with Gasteiger partial charge in [-0.25, -0.2) is 9.97 Å². The van der Waals surface area contributed by atoms with Gasteiger partial charge in [0.2, 0.25) is 0 Å². The highest BCUT2D eigenvalue weighted by Crippen LogP contribution is 2.27. The molecular formula is C8H7N3S. The lowest BCUT2D eigenvalue weighted by atomic mass is 10.3. The van der Waals surface area contributed by atoms with Gasteiger partial charge in [-0.3, -0.25) is 0 Å². The molecule has 2 aromatic heterocycles. The van der Waals surface area contributed by atoms with Crippen LogP contribution in [0.2, 0.25) is 0 Å². The number of thiophene rings is 1. The molecule has 4 heteroatoms. The van der Waals surface area contributed by atoms with Crippen LogP contribution in [0, 0.1) is 0 Å². The van der Waals surface area contributed by atoms with Crippen LogP contribution >= 0.6 is 11.3 Å². The van der Waals surface area contributed by atoms with E-state index in [0.717, 1.165) is 15.6 Å². The van der Waals surface area contributed by atoms with Gasteiger partial charge >= 0.3 is 0 Å². The summed E-state index contributed by atoms with van der Waals surface area (Å²) in [6, 6.07) is 5.70. The van der Waals surface area contributed by atoms with E-state index < -0.39 is 0 Å². The molecule has 0 saturated carbocycles. The van der Waals surface area contributed by atoms with Crippen LogP contribution in [0.4, 0.5) is 5.00 Å². The Bertz CT molecular complexity index is 369. The fourth-order valence-electron chi connectivity index (χ4n) is 0.927. The molecule has 0 aliphatic rings. The minimum absolute atomic E-state index is 0.809. The SMILES string of the molecule is Nc1ccc(-c2ccncn2)s1. The molecule has 12 heavy (non-hydrogen) atoms. The fraction of sp³-hybridized carbons (Fsp3) is 0. The number of nitrogen functional groups attached to an aromatic ring is 1. The third-order valence-electron chi connectivity index (χ3n) is 1.46. The summed E-state index contributed by atoms with van der Waals surface area (Å²) < 4.78 is 0.